The van der Waals surface area contributed by atoms with Gasteiger partial charge in [-0.15, -0.1) is 0 Å². The Morgan fingerprint density at radius 2 is 1.37 bits per heavy atom. The first-order valence-corrected chi connectivity index (χ1v) is 17.6. The molecule has 9 rings (SSSR count). The van der Waals surface area contributed by atoms with Crippen LogP contribution in [0.15, 0.2) is 115 Å². The molecule has 1 aliphatic heterocycles. The van der Waals surface area contributed by atoms with Gasteiger partial charge in [-0.25, -0.2) is 0 Å². The molecule has 6 aromatic rings. The van der Waals surface area contributed by atoms with Gasteiger partial charge in [-0.2, -0.15) is 10.2 Å². The second-order valence-electron chi connectivity index (χ2n) is 15.2. The van der Waals surface area contributed by atoms with Crippen molar-refractivity contribution < 1.29 is 4.74 Å². The predicted octanol–water partition coefficient (Wildman–Crippen LogP) is 10.5. The number of fused-ring (bicyclic) bond motifs is 7. The van der Waals surface area contributed by atoms with Gasteiger partial charge >= 0.3 is 0 Å². The summed E-state index contributed by atoms with van der Waals surface area (Å²) in [6.45, 7) is 8.70. The van der Waals surface area contributed by atoms with E-state index in [-0.39, 0.29) is 11.3 Å². The van der Waals surface area contributed by atoms with Crippen LogP contribution >= 0.6 is 0 Å². The Morgan fingerprint density at radius 1 is 0.765 bits per heavy atom. The standard InChI is InChI=1S/C46H38N4O/c1-45(2,3)32-14-17-34(18-15-32)51-44-40(26-47)42-41(43(48)49-44)39(29-13-19-37-30(23-29)21-27-9-5-7-11-35(27)37)25-46(4,50-42)33-16-20-38-31(24-33)22-28-10-6-8-12-36(28)38/h5-20,23-25,50H,21-22H2,1-4H3,(H2,48,49). The summed E-state index contributed by atoms with van der Waals surface area (Å²) in [5, 5.41) is 14.6. The summed E-state index contributed by atoms with van der Waals surface area (Å²) in [7, 11) is 0. The summed E-state index contributed by atoms with van der Waals surface area (Å²) in [4.78, 5) is 4.75. The quantitative estimate of drug-likeness (QED) is 0.196. The number of benzene rings is 5. The maximum atomic E-state index is 10.8. The van der Waals surface area contributed by atoms with Crippen molar-refractivity contribution in [1.29, 1.82) is 5.26 Å². The summed E-state index contributed by atoms with van der Waals surface area (Å²) in [6.07, 6.45) is 4.02. The molecular weight excluding hydrogens is 625 g/mol. The molecule has 5 aromatic carbocycles. The molecule has 0 bridgehead atoms. The van der Waals surface area contributed by atoms with Crippen LogP contribution in [0.25, 0.3) is 27.8 Å². The molecule has 1 aromatic heterocycles. The highest BCUT2D eigenvalue weighted by Gasteiger charge is 2.37. The van der Waals surface area contributed by atoms with Crippen molar-refractivity contribution in [3.8, 4) is 40.0 Å². The molecule has 5 nitrogen and oxygen atoms in total. The fraction of sp³-hybridized carbons (Fsp3) is 0.174. The first kappa shape index (κ1) is 30.9. The number of hydrogen-bond acceptors (Lipinski definition) is 5. The minimum atomic E-state index is -0.681. The fourth-order valence-electron chi connectivity index (χ4n) is 8.11. The van der Waals surface area contributed by atoms with Crippen molar-refractivity contribution in [3.05, 3.63) is 165 Å². The van der Waals surface area contributed by atoms with Crippen molar-refractivity contribution in [3.63, 3.8) is 0 Å². The number of nitriles is 1. The van der Waals surface area contributed by atoms with E-state index in [1.807, 2.05) is 12.1 Å². The molecule has 248 valence electrons. The van der Waals surface area contributed by atoms with Gasteiger partial charge in [-0.05, 0) is 110 Å². The van der Waals surface area contributed by atoms with Gasteiger partial charge in [0.1, 0.15) is 23.2 Å². The Hall–Kier alpha value is -6.12. The zero-order valence-corrected chi connectivity index (χ0v) is 29.3. The van der Waals surface area contributed by atoms with Gasteiger partial charge in [0.15, 0.2) is 0 Å². The number of pyridine rings is 1. The van der Waals surface area contributed by atoms with Crippen molar-refractivity contribution in [1.82, 2.24) is 4.98 Å². The number of hydrogen-bond donors (Lipinski definition) is 2. The van der Waals surface area contributed by atoms with E-state index in [0.717, 1.165) is 29.5 Å². The molecule has 51 heavy (non-hydrogen) atoms. The second-order valence-corrected chi connectivity index (χ2v) is 15.2. The zero-order valence-electron chi connectivity index (χ0n) is 29.3. The lowest BCUT2D eigenvalue weighted by molar-refractivity contribution is 0.461. The molecule has 0 amide bonds. The number of anilines is 2. The van der Waals surface area contributed by atoms with E-state index in [0.29, 0.717) is 28.4 Å². The van der Waals surface area contributed by atoms with Crippen LogP contribution in [0.3, 0.4) is 0 Å². The third-order valence-electron chi connectivity index (χ3n) is 10.8. The molecule has 1 unspecified atom stereocenters. The Morgan fingerprint density at radius 3 is 2.02 bits per heavy atom. The second kappa shape index (κ2) is 11.2. The Balaban J connectivity index is 1.19. The first-order valence-electron chi connectivity index (χ1n) is 17.6. The van der Waals surface area contributed by atoms with Gasteiger partial charge in [0.05, 0.1) is 11.2 Å². The lowest BCUT2D eigenvalue weighted by Gasteiger charge is -2.37. The third kappa shape index (κ3) is 5.02. The number of nitrogens with zero attached hydrogens (tertiary/aromatic N) is 2. The summed E-state index contributed by atoms with van der Waals surface area (Å²) < 4.78 is 6.35. The molecule has 0 radical (unpaired) electrons. The lowest BCUT2D eigenvalue weighted by atomic mass is 9.80. The van der Waals surface area contributed by atoms with Crippen LogP contribution in [-0.4, -0.2) is 4.98 Å². The average molecular weight is 663 g/mol. The van der Waals surface area contributed by atoms with E-state index >= 15 is 0 Å². The summed E-state index contributed by atoms with van der Waals surface area (Å²) >= 11 is 0. The van der Waals surface area contributed by atoms with Gasteiger partial charge in [0.2, 0.25) is 5.88 Å². The van der Waals surface area contributed by atoms with Gasteiger partial charge in [-0.3, -0.25) is 0 Å². The summed E-state index contributed by atoms with van der Waals surface area (Å²) in [5.74, 6) is 1.08. The number of aromatic nitrogens is 1. The Bertz CT molecular complexity index is 2500. The van der Waals surface area contributed by atoms with Crippen LogP contribution < -0.4 is 15.8 Å². The monoisotopic (exact) mass is 662 g/mol. The molecule has 0 fully saturated rings. The zero-order chi connectivity index (χ0) is 35.1. The van der Waals surface area contributed by atoms with E-state index in [2.05, 4.69) is 142 Å². The van der Waals surface area contributed by atoms with Crippen molar-refractivity contribution >= 4 is 17.1 Å². The van der Waals surface area contributed by atoms with E-state index in [1.54, 1.807) is 0 Å². The summed E-state index contributed by atoms with van der Waals surface area (Å²) in [6, 6.07) is 41.1. The maximum absolute atomic E-state index is 10.8. The molecular formula is C46H38N4O. The minimum Gasteiger partial charge on any atom is -0.438 e. The van der Waals surface area contributed by atoms with Gasteiger partial charge in [0.25, 0.3) is 0 Å². The largest absolute Gasteiger partial charge is 0.438 e. The Kier molecular flexibility index (Phi) is 6.79. The molecule has 3 aliphatic rings. The van der Waals surface area contributed by atoms with Gasteiger partial charge in [-0.1, -0.05) is 118 Å². The highest BCUT2D eigenvalue weighted by Crippen LogP contribution is 2.49. The highest BCUT2D eigenvalue weighted by molar-refractivity contribution is 5.97. The third-order valence-corrected chi connectivity index (χ3v) is 10.8. The molecule has 0 saturated carbocycles. The topological polar surface area (TPSA) is 84.0 Å². The van der Waals surface area contributed by atoms with Crippen molar-refractivity contribution in [2.45, 2.75) is 51.5 Å². The van der Waals surface area contributed by atoms with E-state index in [1.165, 1.54) is 50.1 Å². The number of nitrogens with one attached hydrogen (secondary N) is 1. The Labute approximate surface area is 299 Å². The smallest absolute Gasteiger partial charge is 0.241 e. The molecule has 0 saturated heterocycles. The first-order chi connectivity index (χ1) is 24.6. The molecule has 2 aliphatic carbocycles. The normalized spacial score (nSPS) is 16.5. The summed E-state index contributed by atoms with van der Waals surface area (Å²) in [5.41, 5.74) is 22.5. The maximum Gasteiger partial charge on any atom is 0.241 e. The predicted molar refractivity (Wildman–Crippen MR) is 206 cm³/mol. The highest BCUT2D eigenvalue weighted by atomic mass is 16.5. The van der Waals surface area contributed by atoms with Crippen LogP contribution in [0, 0.1) is 11.3 Å². The van der Waals surface area contributed by atoms with Crippen LogP contribution in [0.5, 0.6) is 11.6 Å². The van der Waals surface area contributed by atoms with Gasteiger partial charge in [0, 0.05) is 5.56 Å². The fourth-order valence-corrected chi connectivity index (χ4v) is 8.11. The molecule has 1 atom stereocenters. The number of nitrogen functional groups attached to an aromatic ring is 1. The molecule has 2 heterocycles. The molecule has 0 spiro atoms. The molecule has 5 heteroatoms. The van der Waals surface area contributed by atoms with E-state index in [9.17, 15) is 5.26 Å². The average Bonchev–Trinajstić information content (AvgIpc) is 3.69. The van der Waals surface area contributed by atoms with Crippen LogP contribution in [0.1, 0.15) is 77.8 Å². The lowest BCUT2D eigenvalue weighted by Crippen LogP contribution is -2.34. The molecule has 3 N–H and O–H groups in total. The van der Waals surface area contributed by atoms with Crippen LogP contribution in [0.2, 0.25) is 0 Å². The number of ether oxygens (including phenoxy) is 1. The van der Waals surface area contributed by atoms with E-state index in [4.69, 9.17) is 15.5 Å². The van der Waals surface area contributed by atoms with Crippen LogP contribution in [-0.2, 0) is 23.8 Å². The van der Waals surface area contributed by atoms with Crippen LogP contribution in [0.4, 0.5) is 11.5 Å². The van der Waals surface area contributed by atoms with E-state index < -0.39 is 5.54 Å². The van der Waals surface area contributed by atoms with Crippen molar-refractivity contribution in [2.24, 2.45) is 0 Å². The number of nitrogens with two attached hydrogens (primary N) is 1. The van der Waals surface area contributed by atoms with Crippen molar-refractivity contribution in [2.75, 3.05) is 11.1 Å². The SMILES string of the molecule is CC(C)(C)c1ccc(Oc2nc(N)c3c(c2C#N)NC(C)(c2ccc4c(c2)Cc2ccccc2-4)C=C3c2ccc3c(c2)Cc2ccccc2-3)cc1. The van der Waals surface area contributed by atoms with Gasteiger partial charge < -0.3 is 15.8 Å². The number of rotatable bonds is 4. The minimum absolute atomic E-state index is 0.00263.